The van der Waals surface area contributed by atoms with Crippen molar-refractivity contribution in [2.45, 2.75) is 58.8 Å². The molecule has 1 aromatic heterocycles. The number of Topliss-reactive ketones (excluding diaryl/α,β-unsaturated/α-hetero) is 1. The number of ketones is 1. The van der Waals surface area contributed by atoms with Crippen LogP contribution in [0.25, 0.3) is 10.9 Å². The lowest BCUT2D eigenvalue weighted by molar-refractivity contribution is -0.137. The number of nitrogens with zero attached hydrogens (tertiary/aromatic N) is 1. The minimum atomic E-state index is -0.774. The minimum Gasteiger partial charge on any atom is -0.481 e. The maximum Gasteiger partial charge on any atom is 0.303 e. The van der Waals surface area contributed by atoms with Crippen LogP contribution in [0, 0.1) is 6.92 Å². The van der Waals surface area contributed by atoms with E-state index in [4.69, 9.17) is 16.7 Å². The highest BCUT2D eigenvalue weighted by atomic mass is 35.5. The van der Waals surface area contributed by atoms with E-state index < -0.39 is 5.97 Å². The van der Waals surface area contributed by atoms with E-state index in [-0.39, 0.29) is 30.4 Å². The summed E-state index contributed by atoms with van der Waals surface area (Å²) in [5, 5.41) is 12.8. The first-order valence-electron chi connectivity index (χ1n) is 12.1. The molecule has 0 spiro atoms. The van der Waals surface area contributed by atoms with Gasteiger partial charge in [-0.25, -0.2) is 0 Å². The Morgan fingerprint density at radius 2 is 1.56 bits per heavy atom. The Kier molecular flexibility index (Phi) is 9.42. The van der Waals surface area contributed by atoms with Crippen molar-refractivity contribution in [2.75, 3.05) is 6.54 Å². The molecule has 1 heterocycles. The highest BCUT2D eigenvalue weighted by Gasteiger charge is 2.22. The van der Waals surface area contributed by atoms with Gasteiger partial charge >= 0.3 is 5.97 Å². The summed E-state index contributed by atoms with van der Waals surface area (Å²) in [7, 11) is 0. The van der Waals surface area contributed by atoms with Crippen molar-refractivity contribution >= 4 is 46.1 Å². The summed E-state index contributed by atoms with van der Waals surface area (Å²) < 4.78 is 1.59. The van der Waals surface area contributed by atoms with E-state index >= 15 is 0 Å². The molecule has 0 bridgehead atoms. The number of rotatable bonds is 12. The third-order valence-corrected chi connectivity index (χ3v) is 6.51. The van der Waals surface area contributed by atoms with Gasteiger partial charge in [-0.15, -0.1) is 0 Å². The fourth-order valence-corrected chi connectivity index (χ4v) is 4.42. The van der Waals surface area contributed by atoms with Crippen LogP contribution in [0.15, 0.2) is 42.5 Å². The zero-order valence-electron chi connectivity index (χ0n) is 20.6. The van der Waals surface area contributed by atoms with Crippen LogP contribution in [0.3, 0.4) is 0 Å². The van der Waals surface area contributed by atoms with Gasteiger partial charge in [0, 0.05) is 40.2 Å². The molecule has 0 saturated heterocycles. The van der Waals surface area contributed by atoms with Crippen molar-refractivity contribution in [1.82, 2.24) is 9.88 Å². The number of unbranched alkanes of at least 4 members (excludes halogenated alkanes) is 4. The number of aromatic nitrogens is 1. The Bertz CT molecular complexity index is 1280. The van der Waals surface area contributed by atoms with Crippen molar-refractivity contribution in [1.29, 1.82) is 0 Å². The second-order valence-electron chi connectivity index (χ2n) is 8.94. The molecular formula is C28H31ClN2O5. The van der Waals surface area contributed by atoms with Crippen molar-refractivity contribution in [3.8, 4) is 0 Å². The van der Waals surface area contributed by atoms with Crippen LogP contribution < -0.4 is 5.32 Å². The van der Waals surface area contributed by atoms with E-state index in [1.54, 1.807) is 54.0 Å². The van der Waals surface area contributed by atoms with Gasteiger partial charge in [-0.05, 0) is 74.7 Å². The smallest absolute Gasteiger partial charge is 0.303 e. The lowest BCUT2D eigenvalue weighted by atomic mass is 10.0. The molecule has 0 aliphatic rings. The highest BCUT2D eigenvalue weighted by molar-refractivity contribution is 6.30. The van der Waals surface area contributed by atoms with Gasteiger partial charge in [-0.3, -0.25) is 23.7 Å². The minimum absolute atomic E-state index is 0.0865. The van der Waals surface area contributed by atoms with Crippen LogP contribution in [0.1, 0.15) is 77.4 Å². The average Bonchev–Trinajstić information content (AvgIpc) is 3.11. The van der Waals surface area contributed by atoms with Gasteiger partial charge in [-0.1, -0.05) is 30.9 Å². The fraction of sp³-hybridized carbons (Fsp3) is 0.357. The molecule has 190 valence electrons. The third-order valence-electron chi connectivity index (χ3n) is 6.26. The molecule has 0 atom stereocenters. The Balaban J connectivity index is 1.75. The molecule has 0 radical (unpaired) electrons. The number of nitrogens with one attached hydrogen (secondary N) is 1. The number of hydrogen-bond donors (Lipinski definition) is 2. The maximum absolute atomic E-state index is 13.4. The molecule has 2 N–H and O–H groups in total. The van der Waals surface area contributed by atoms with Gasteiger partial charge in [-0.2, -0.15) is 0 Å². The summed E-state index contributed by atoms with van der Waals surface area (Å²) in [6, 6.07) is 11.8. The molecule has 3 aromatic rings. The van der Waals surface area contributed by atoms with Crippen molar-refractivity contribution in [3.63, 3.8) is 0 Å². The van der Waals surface area contributed by atoms with Crippen LogP contribution in [0.4, 0.5) is 0 Å². The van der Waals surface area contributed by atoms with Crippen molar-refractivity contribution in [3.05, 3.63) is 69.9 Å². The Labute approximate surface area is 215 Å². The van der Waals surface area contributed by atoms with E-state index in [0.29, 0.717) is 51.3 Å². The molecule has 1 amide bonds. The lowest BCUT2D eigenvalue weighted by Crippen LogP contribution is -2.26. The number of fused-ring (bicyclic) bond motifs is 1. The second kappa shape index (κ2) is 12.5. The first kappa shape index (κ1) is 27.1. The largest absolute Gasteiger partial charge is 0.481 e. The molecule has 0 aliphatic carbocycles. The van der Waals surface area contributed by atoms with Crippen LogP contribution in [-0.4, -0.2) is 39.8 Å². The normalized spacial score (nSPS) is 11.0. The van der Waals surface area contributed by atoms with E-state index in [1.165, 1.54) is 6.92 Å². The molecule has 0 aliphatic heterocycles. The zero-order valence-corrected chi connectivity index (χ0v) is 21.4. The Morgan fingerprint density at radius 3 is 2.22 bits per heavy atom. The molecule has 3 rings (SSSR count). The Morgan fingerprint density at radius 1 is 0.917 bits per heavy atom. The standard InChI is InChI=1S/C28H31ClN2O5/c1-18-23(17-26(33)30-15-7-5-3-4-6-8-27(34)35)24-16-21(19(2)32)11-14-25(24)31(18)28(36)20-9-12-22(29)13-10-20/h9-14,16H,3-8,15,17H2,1-2H3,(H,30,33)(H,34,35). The topological polar surface area (TPSA) is 105 Å². The quantitative estimate of drug-likeness (QED) is 0.244. The number of carboxylic acid groups (broad SMARTS) is 1. The number of amides is 1. The summed E-state index contributed by atoms with van der Waals surface area (Å²) in [5.74, 6) is -1.26. The van der Waals surface area contributed by atoms with Gasteiger partial charge in [0.05, 0.1) is 11.9 Å². The first-order valence-corrected chi connectivity index (χ1v) is 12.5. The van der Waals surface area contributed by atoms with Crippen molar-refractivity contribution in [2.24, 2.45) is 0 Å². The molecule has 8 heteroatoms. The third kappa shape index (κ3) is 6.82. The predicted molar refractivity (Wildman–Crippen MR) is 140 cm³/mol. The van der Waals surface area contributed by atoms with Crippen LogP contribution in [0.5, 0.6) is 0 Å². The van der Waals surface area contributed by atoms with Gasteiger partial charge in [0.2, 0.25) is 5.91 Å². The van der Waals surface area contributed by atoms with E-state index in [9.17, 15) is 19.2 Å². The summed E-state index contributed by atoms with van der Waals surface area (Å²) >= 11 is 5.98. The molecule has 36 heavy (non-hydrogen) atoms. The number of carboxylic acids is 1. The molecule has 0 unspecified atom stereocenters. The monoisotopic (exact) mass is 510 g/mol. The first-order chi connectivity index (χ1) is 17.2. The predicted octanol–water partition coefficient (Wildman–Crippen LogP) is 5.58. The molecule has 7 nitrogen and oxygen atoms in total. The average molecular weight is 511 g/mol. The molecule has 2 aromatic carbocycles. The van der Waals surface area contributed by atoms with Gasteiger partial charge in [0.15, 0.2) is 5.78 Å². The van der Waals surface area contributed by atoms with Gasteiger partial charge in [0.1, 0.15) is 0 Å². The molecule has 0 fully saturated rings. The number of carbonyl (C=O) groups is 4. The molecule has 0 saturated carbocycles. The number of hydrogen-bond acceptors (Lipinski definition) is 4. The fourth-order valence-electron chi connectivity index (χ4n) is 4.29. The second-order valence-corrected chi connectivity index (χ2v) is 9.37. The van der Waals surface area contributed by atoms with Crippen LogP contribution in [0.2, 0.25) is 5.02 Å². The number of benzene rings is 2. The number of carbonyl (C=O) groups excluding carboxylic acids is 3. The maximum atomic E-state index is 13.4. The summed E-state index contributed by atoms with van der Waals surface area (Å²) in [5.41, 5.74) is 2.99. The summed E-state index contributed by atoms with van der Waals surface area (Å²) in [6.07, 6.45) is 4.45. The Hall–Kier alpha value is -3.45. The summed E-state index contributed by atoms with van der Waals surface area (Å²) in [6.45, 7) is 3.82. The zero-order chi connectivity index (χ0) is 26.2. The van der Waals surface area contributed by atoms with E-state index in [2.05, 4.69) is 5.32 Å². The molecular weight excluding hydrogens is 480 g/mol. The van der Waals surface area contributed by atoms with Crippen molar-refractivity contribution < 1.29 is 24.3 Å². The summed E-state index contributed by atoms with van der Waals surface area (Å²) in [4.78, 5) is 48.7. The number of aliphatic carboxylic acids is 1. The number of halogens is 1. The highest BCUT2D eigenvalue weighted by Crippen LogP contribution is 2.29. The SMILES string of the molecule is CC(=O)c1ccc2c(c1)c(CC(=O)NCCCCCCCC(=O)O)c(C)n2C(=O)c1ccc(Cl)cc1. The van der Waals surface area contributed by atoms with Crippen LogP contribution >= 0.6 is 11.6 Å². The lowest BCUT2D eigenvalue weighted by Gasteiger charge is -2.08. The van der Waals surface area contributed by atoms with Crippen LogP contribution in [-0.2, 0) is 16.0 Å². The van der Waals surface area contributed by atoms with Gasteiger partial charge in [0.25, 0.3) is 5.91 Å². The van der Waals surface area contributed by atoms with E-state index in [1.807, 2.05) is 0 Å². The van der Waals surface area contributed by atoms with Gasteiger partial charge < -0.3 is 10.4 Å². The van der Waals surface area contributed by atoms with E-state index in [0.717, 1.165) is 25.7 Å².